The van der Waals surface area contributed by atoms with Crippen LogP contribution in [0.3, 0.4) is 0 Å². The number of aryl methyl sites for hydroxylation is 1. The number of para-hydroxylation sites is 1. The number of amidine groups is 1. The molecule has 0 bridgehead atoms. The second kappa shape index (κ2) is 6.31. The van der Waals surface area contributed by atoms with Crippen LogP contribution in [0.2, 0.25) is 0 Å². The molecule has 1 aliphatic carbocycles. The Morgan fingerprint density at radius 3 is 2.92 bits per heavy atom. The molecule has 2 heterocycles. The number of hydrogen-bond acceptors (Lipinski definition) is 5. The molecule has 0 fully saturated rings. The SMILES string of the molecule is COC(=O)C1=CC2N=C(N3CCCc4ccccc43)C(C)=NC2C=C1. The zero-order chi connectivity index (χ0) is 17.4. The normalized spacial score (nSPS) is 24.6. The van der Waals surface area contributed by atoms with Crippen LogP contribution in [0.5, 0.6) is 0 Å². The van der Waals surface area contributed by atoms with E-state index in [1.807, 2.05) is 19.1 Å². The summed E-state index contributed by atoms with van der Waals surface area (Å²) in [6, 6.07) is 8.27. The summed E-state index contributed by atoms with van der Waals surface area (Å²) in [6.45, 7) is 2.95. The second-order valence-electron chi connectivity index (χ2n) is 6.51. The average Bonchev–Trinajstić information content (AvgIpc) is 2.66. The van der Waals surface area contributed by atoms with Crippen LogP contribution in [0.4, 0.5) is 5.69 Å². The summed E-state index contributed by atoms with van der Waals surface area (Å²) in [5.41, 5.74) is 4.04. The molecule has 0 N–H and O–H groups in total. The third kappa shape index (κ3) is 2.80. The number of aliphatic imine (C=N–C) groups is 2. The molecule has 1 aromatic rings. The van der Waals surface area contributed by atoms with E-state index in [9.17, 15) is 4.79 Å². The first-order chi connectivity index (χ1) is 12.2. The van der Waals surface area contributed by atoms with Gasteiger partial charge in [-0.1, -0.05) is 24.3 Å². The fourth-order valence-electron chi connectivity index (χ4n) is 3.68. The van der Waals surface area contributed by atoms with Gasteiger partial charge in [0.15, 0.2) is 0 Å². The molecule has 0 saturated heterocycles. The van der Waals surface area contributed by atoms with Gasteiger partial charge in [0.05, 0.1) is 30.5 Å². The molecular formula is C20H21N3O2. The first-order valence-electron chi connectivity index (χ1n) is 8.64. The Bertz CT molecular complexity index is 835. The van der Waals surface area contributed by atoms with Crippen LogP contribution < -0.4 is 4.90 Å². The minimum atomic E-state index is -0.332. The van der Waals surface area contributed by atoms with Gasteiger partial charge in [-0.25, -0.2) is 4.79 Å². The Labute approximate surface area is 147 Å². The highest BCUT2D eigenvalue weighted by molar-refractivity contribution is 6.46. The van der Waals surface area contributed by atoms with Gasteiger partial charge in [0, 0.05) is 12.2 Å². The predicted octanol–water partition coefficient (Wildman–Crippen LogP) is 2.72. The molecule has 0 saturated carbocycles. The molecule has 1 aromatic carbocycles. The molecule has 5 nitrogen and oxygen atoms in total. The zero-order valence-electron chi connectivity index (χ0n) is 14.5. The summed E-state index contributed by atoms with van der Waals surface area (Å²) in [5, 5.41) is 0. The maximum Gasteiger partial charge on any atom is 0.337 e. The van der Waals surface area contributed by atoms with E-state index >= 15 is 0 Å². The second-order valence-corrected chi connectivity index (χ2v) is 6.51. The summed E-state index contributed by atoms with van der Waals surface area (Å²) in [6.07, 6.45) is 7.77. The number of methoxy groups -OCH3 is 1. The van der Waals surface area contributed by atoms with E-state index in [0.717, 1.165) is 30.9 Å². The number of anilines is 1. The molecule has 5 heteroatoms. The summed E-state index contributed by atoms with van der Waals surface area (Å²) in [4.78, 5) is 23.8. The lowest BCUT2D eigenvalue weighted by Gasteiger charge is -2.35. The number of benzene rings is 1. The van der Waals surface area contributed by atoms with Crippen molar-refractivity contribution in [3.05, 3.63) is 53.6 Å². The van der Waals surface area contributed by atoms with Crippen molar-refractivity contribution in [2.24, 2.45) is 9.98 Å². The van der Waals surface area contributed by atoms with Gasteiger partial charge in [-0.2, -0.15) is 0 Å². The highest BCUT2D eigenvalue weighted by atomic mass is 16.5. The van der Waals surface area contributed by atoms with Crippen LogP contribution in [0.1, 0.15) is 18.9 Å². The van der Waals surface area contributed by atoms with E-state index < -0.39 is 0 Å². The minimum absolute atomic E-state index is 0.0443. The smallest absolute Gasteiger partial charge is 0.337 e. The third-order valence-electron chi connectivity index (χ3n) is 4.90. The zero-order valence-corrected chi connectivity index (χ0v) is 14.5. The lowest BCUT2D eigenvalue weighted by Crippen LogP contribution is -2.44. The van der Waals surface area contributed by atoms with E-state index in [2.05, 4.69) is 29.2 Å². The maximum absolute atomic E-state index is 11.8. The van der Waals surface area contributed by atoms with Crippen LogP contribution in [-0.4, -0.2) is 43.3 Å². The molecule has 0 amide bonds. The number of hydrogen-bond donors (Lipinski definition) is 0. The largest absolute Gasteiger partial charge is 0.465 e. The molecule has 4 rings (SSSR count). The standard InChI is InChI=1S/C20H21N3O2/c1-13-19(23-11-5-7-14-6-3-4-8-18(14)23)22-17-12-15(20(24)25-2)9-10-16(17)21-13/h3-4,6,8-10,12,16-17H,5,7,11H2,1-2H3. The fourth-order valence-corrected chi connectivity index (χ4v) is 3.68. The molecule has 128 valence electrons. The van der Waals surface area contributed by atoms with Crippen LogP contribution >= 0.6 is 0 Å². The van der Waals surface area contributed by atoms with Gasteiger partial charge in [-0.15, -0.1) is 0 Å². The number of esters is 1. The summed E-state index contributed by atoms with van der Waals surface area (Å²) < 4.78 is 4.83. The molecular weight excluding hydrogens is 314 g/mol. The monoisotopic (exact) mass is 335 g/mol. The van der Waals surface area contributed by atoms with Gasteiger partial charge >= 0.3 is 5.97 Å². The van der Waals surface area contributed by atoms with E-state index in [-0.39, 0.29) is 18.1 Å². The van der Waals surface area contributed by atoms with Crippen LogP contribution in [0.25, 0.3) is 0 Å². The highest BCUT2D eigenvalue weighted by Crippen LogP contribution is 2.29. The van der Waals surface area contributed by atoms with Gasteiger partial charge in [0.2, 0.25) is 0 Å². The number of nitrogens with zero attached hydrogens (tertiary/aromatic N) is 3. The molecule has 3 aliphatic rings. The van der Waals surface area contributed by atoms with E-state index in [1.54, 1.807) is 6.08 Å². The Morgan fingerprint density at radius 2 is 2.08 bits per heavy atom. The van der Waals surface area contributed by atoms with Crippen molar-refractivity contribution < 1.29 is 9.53 Å². The third-order valence-corrected chi connectivity index (χ3v) is 4.90. The number of fused-ring (bicyclic) bond motifs is 2. The van der Waals surface area contributed by atoms with Crippen molar-refractivity contribution in [3.8, 4) is 0 Å². The lowest BCUT2D eigenvalue weighted by molar-refractivity contribution is -0.135. The van der Waals surface area contributed by atoms with E-state index in [1.165, 1.54) is 18.4 Å². The minimum Gasteiger partial charge on any atom is -0.465 e. The van der Waals surface area contributed by atoms with Crippen molar-refractivity contribution in [1.29, 1.82) is 0 Å². The predicted molar refractivity (Wildman–Crippen MR) is 99.5 cm³/mol. The van der Waals surface area contributed by atoms with Gasteiger partial charge in [0.25, 0.3) is 0 Å². The van der Waals surface area contributed by atoms with Crippen molar-refractivity contribution in [1.82, 2.24) is 0 Å². The molecule has 2 aliphatic heterocycles. The van der Waals surface area contributed by atoms with E-state index in [0.29, 0.717) is 5.57 Å². The Kier molecular flexibility index (Phi) is 3.99. The molecule has 0 aromatic heterocycles. The molecule has 0 spiro atoms. The Balaban J connectivity index is 1.70. The Hall–Kier alpha value is -2.69. The summed E-state index contributed by atoms with van der Waals surface area (Å²) in [7, 11) is 1.39. The molecule has 0 radical (unpaired) electrons. The van der Waals surface area contributed by atoms with Gasteiger partial charge < -0.3 is 9.64 Å². The highest BCUT2D eigenvalue weighted by Gasteiger charge is 2.31. The molecule has 2 atom stereocenters. The lowest BCUT2D eigenvalue weighted by atomic mass is 9.96. The number of rotatable bonds is 1. The van der Waals surface area contributed by atoms with Crippen molar-refractivity contribution >= 4 is 23.2 Å². The molecule has 2 unspecified atom stereocenters. The van der Waals surface area contributed by atoms with Gasteiger partial charge in [0.1, 0.15) is 5.84 Å². The summed E-state index contributed by atoms with van der Waals surface area (Å²) >= 11 is 0. The van der Waals surface area contributed by atoms with Crippen LogP contribution in [-0.2, 0) is 16.0 Å². The maximum atomic E-state index is 11.8. The Morgan fingerprint density at radius 1 is 1.24 bits per heavy atom. The number of carbonyl (C=O) groups is 1. The topological polar surface area (TPSA) is 54.3 Å². The van der Waals surface area contributed by atoms with Crippen molar-refractivity contribution in [2.45, 2.75) is 31.8 Å². The first-order valence-corrected chi connectivity index (χ1v) is 8.64. The van der Waals surface area contributed by atoms with Crippen LogP contribution in [0, 0.1) is 0 Å². The van der Waals surface area contributed by atoms with Crippen LogP contribution in [0.15, 0.2) is 58.1 Å². The fraction of sp³-hybridized carbons (Fsp3) is 0.350. The number of carbonyl (C=O) groups excluding carboxylic acids is 1. The average molecular weight is 335 g/mol. The molecule has 25 heavy (non-hydrogen) atoms. The van der Waals surface area contributed by atoms with Crippen molar-refractivity contribution in [3.63, 3.8) is 0 Å². The quantitative estimate of drug-likeness (QED) is 0.742. The first kappa shape index (κ1) is 15.8. The van der Waals surface area contributed by atoms with Gasteiger partial charge in [-0.05, 0) is 43.5 Å². The van der Waals surface area contributed by atoms with E-state index in [4.69, 9.17) is 14.7 Å². The van der Waals surface area contributed by atoms with Crippen molar-refractivity contribution in [2.75, 3.05) is 18.6 Å². The van der Waals surface area contributed by atoms with Gasteiger partial charge in [-0.3, -0.25) is 9.98 Å². The number of ether oxygens (including phenoxy) is 1. The summed E-state index contributed by atoms with van der Waals surface area (Å²) in [5.74, 6) is 0.574.